The van der Waals surface area contributed by atoms with Crippen LogP contribution in [0.5, 0.6) is 11.5 Å². The topological polar surface area (TPSA) is 88.3 Å². The molecule has 182 valence electrons. The van der Waals surface area contributed by atoms with Crippen molar-refractivity contribution in [1.82, 2.24) is 15.3 Å². The number of aromatic nitrogens is 2. The predicted octanol–water partition coefficient (Wildman–Crippen LogP) is 5.69. The van der Waals surface area contributed by atoms with E-state index in [1.54, 1.807) is 24.5 Å². The fraction of sp³-hybridized carbons (Fsp3) is 0.333. The van der Waals surface area contributed by atoms with Crippen LogP contribution in [0.2, 0.25) is 0 Å². The molecule has 0 radical (unpaired) electrons. The van der Waals surface area contributed by atoms with Crippen LogP contribution in [0.25, 0.3) is 11.3 Å². The van der Waals surface area contributed by atoms with Gasteiger partial charge in [0.25, 0.3) is 5.91 Å². The minimum absolute atomic E-state index is 0.0815. The number of para-hydroxylation sites is 1. The Balaban J connectivity index is 1.72. The van der Waals surface area contributed by atoms with Crippen LogP contribution < -0.4 is 20.1 Å². The molecule has 0 spiro atoms. The van der Waals surface area contributed by atoms with Gasteiger partial charge >= 0.3 is 0 Å². The van der Waals surface area contributed by atoms with Crippen molar-refractivity contribution in [2.75, 3.05) is 25.6 Å². The molecule has 0 fully saturated rings. The molecule has 3 N–H and O–H groups in total. The molecule has 2 aromatic heterocycles. The minimum Gasteiger partial charge on any atom is -0.492 e. The molecule has 1 amide bonds. The van der Waals surface area contributed by atoms with Gasteiger partial charge in [0.05, 0.1) is 42.5 Å². The van der Waals surface area contributed by atoms with Crippen molar-refractivity contribution in [1.29, 1.82) is 0 Å². The van der Waals surface area contributed by atoms with Gasteiger partial charge in [0.2, 0.25) is 0 Å². The smallest absolute Gasteiger partial charge is 0.255 e. The Labute approximate surface area is 203 Å². The van der Waals surface area contributed by atoms with Crippen LogP contribution in [0.4, 0.5) is 15.8 Å². The number of ether oxygens (including phenoxy) is 2. The molecule has 1 aromatic carbocycles. The van der Waals surface area contributed by atoms with Gasteiger partial charge in [-0.25, -0.2) is 4.39 Å². The molecule has 0 aliphatic carbocycles. The first-order chi connectivity index (χ1) is 17.0. The molecule has 1 unspecified atom stereocenters. The Morgan fingerprint density at radius 1 is 1.20 bits per heavy atom. The summed E-state index contributed by atoms with van der Waals surface area (Å²) < 4.78 is 26.0. The first kappa shape index (κ1) is 23.0. The van der Waals surface area contributed by atoms with Crippen LogP contribution in [0, 0.1) is 5.82 Å². The van der Waals surface area contributed by atoms with Gasteiger partial charge in [0.1, 0.15) is 5.75 Å². The highest BCUT2D eigenvalue weighted by molar-refractivity contribution is 6.07. The number of carbonyl (C=O) groups excluding carboxylic acids is 1. The predicted molar refractivity (Wildman–Crippen MR) is 133 cm³/mol. The maximum atomic E-state index is 14.5. The van der Waals surface area contributed by atoms with Gasteiger partial charge in [-0.2, -0.15) is 0 Å². The van der Waals surface area contributed by atoms with Crippen LogP contribution >= 0.6 is 0 Å². The van der Waals surface area contributed by atoms with E-state index in [9.17, 15) is 9.18 Å². The largest absolute Gasteiger partial charge is 0.492 e. The van der Waals surface area contributed by atoms with Crippen molar-refractivity contribution in [2.45, 2.75) is 39.0 Å². The Morgan fingerprint density at radius 3 is 2.86 bits per heavy atom. The van der Waals surface area contributed by atoms with Crippen LogP contribution in [0.1, 0.15) is 55.1 Å². The van der Waals surface area contributed by atoms with Crippen molar-refractivity contribution in [3.8, 4) is 22.8 Å². The highest BCUT2D eigenvalue weighted by Crippen LogP contribution is 2.44. The summed E-state index contributed by atoms with van der Waals surface area (Å²) in [6.07, 6.45) is 6.02. The standard InChI is InChI=1S/C27H29FN4O3/c1-15-7-8-17-13-30-27(33)22-23(17)32-24(18-9-11-29-14-21(18)35-12-10-16(15)2)25(22)31-20-6-4-5-19(28)26(20)34-3/h4-6,9,11,14,17,31-32H,7-8,10,12-13H2,1-3H3,(H,30,33)/b16-15-. The number of hydrogen-bond donors (Lipinski definition) is 3. The number of carbonyl (C=O) groups is 1. The molecule has 2 aliphatic rings. The molecule has 0 saturated carbocycles. The van der Waals surface area contributed by atoms with Gasteiger partial charge in [-0.1, -0.05) is 17.2 Å². The van der Waals surface area contributed by atoms with Crippen LogP contribution in [-0.4, -0.2) is 36.1 Å². The number of fused-ring (bicyclic) bond motifs is 3. The van der Waals surface area contributed by atoms with E-state index in [1.165, 1.54) is 24.3 Å². The molecule has 0 saturated heterocycles. The van der Waals surface area contributed by atoms with Crippen molar-refractivity contribution in [3.63, 3.8) is 0 Å². The zero-order valence-electron chi connectivity index (χ0n) is 20.1. The van der Waals surface area contributed by atoms with Crippen LogP contribution in [0.15, 0.2) is 47.8 Å². The summed E-state index contributed by atoms with van der Waals surface area (Å²) in [5, 5.41) is 6.35. The average molecular weight is 477 g/mol. The number of hydrogen-bond acceptors (Lipinski definition) is 5. The summed E-state index contributed by atoms with van der Waals surface area (Å²) >= 11 is 0. The number of amides is 1. The highest BCUT2D eigenvalue weighted by Gasteiger charge is 2.34. The molecular weight excluding hydrogens is 447 g/mol. The van der Waals surface area contributed by atoms with E-state index in [-0.39, 0.29) is 17.6 Å². The van der Waals surface area contributed by atoms with Gasteiger partial charge in [-0.05, 0) is 44.9 Å². The SMILES string of the molecule is COc1c(F)cccc1Nc1c2[nH]c3c1C(=O)NCC3CC/C(C)=C(/C)CCOc1cnccc1-2. The Kier molecular flexibility index (Phi) is 6.19. The van der Waals surface area contributed by atoms with Gasteiger partial charge < -0.3 is 25.1 Å². The summed E-state index contributed by atoms with van der Waals surface area (Å²) in [6, 6.07) is 6.53. The second-order valence-corrected chi connectivity index (χ2v) is 9.09. The molecule has 1 atom stereocenters. The first-order valence-electron chi connectivity index (χ1n) is 11.8. The molecule has 5 rings (SSSR count). The van der Waals surface area contributed by atoms with Crippen LogP contribution in [-0.2, 0) is 0 Å². The maximum absolute atomic E-state index is 14.5. The zero-order chi connectivity index (χ0) is 24.5. The molecule has 2 aliphatic heterocycles. The Morgan fingerprint density at radius 2 is 2.03 bits per heavy atom. The quantitative estimate of drug-likeness (QED) is 0.423. The molecular formula is C27H29FN4O3. The van der Waals surface area contributed by atoms with E-state index in [1.807, 2.05) is 6.07 Å². The van der Waals surface area contributed by atoms with E-state index in [4.69, 9.17) is 9.47 Å². The van der Waals surface area contributed by atoms with E-state index in [0.717, 1.165) is 30.5 Å². The van der Waals surface area contributed by atoms with Crippen LogP contribution in [0.3, 0.4) is 0 Å². The van der Waals surface area contributed by atoms with Gasteiger partial charge in [0.15, 0.2) is 11.6 Å². The Hall–Kier alpha value is -3.81. The molecule has 7 nitrogen and oxygen atoms in total. The normalized spacial score (nSPS) is 19.9. The number of pyridine rings is 1. The lowest BCUT2D eigenvalue weighted by Gasteiger charge is -2.24. The lowest BCUT2D eigenvalue weighted by atomic mass is 9.90. The highest BCUT2D eigenvalue weighted by atomic mass is 19.1. The van der Waals surface area contributed by atoms with Gasteiger partial charge in [-0.15, -0.1) is 0 Å². The number of allylic oxidation sites excluding steroid dienone is 1. The minimum atomic E-state index is -0.488. The summed E-state index contributed by atoms with van der Waals surface area (Å²) in [6.45, 7) is 5.39. The lowest BCUT2D eigenvalue weighted by molar-refractivity contribution is 0.0940. The summed E-state index contributed by atoms with van der Waals surface area (Å²) in [5.74, 6) is 0.142. The molecule has 35 heavy (non-hydrogen) atoms. The van der Waals surface area contributed by atoms with Gasteiger partial charge in [0, 0.05) is 36.3 Å². The van der Waals surface area contributed by atoms with E-state index >= 15 is 0 Å². The third-order valence-electron chi connectivity index (χ3n) is 6.99. The van der Waals surface area contributed by atoms with Crippen molar-refractivity contribution < 1.29 is 18.7 Å². The number of methoxy groups -OCH3 is 1. The summed E-state index contributed by atoms with van der Waals surface area (Å²) in [4.78, 5) is 21.0. The number of rotatable bonds is 3. The number of H-pyrrole nitrogens is 1. The fourth-order valence-corrected chi connectivity index (χ4v) is 4.82. The van der Waals surface area contributed by atoms with Crippen molar-refractivity contribution in [3.05, 3.63) is 64.9 Å². The van der Waals surface area contributed by atoms with E-state index < -0.39 is 5.82 Å². The molecule has 4 heterocycles. The number of aromatic amines is 1. The first-order valence-corrected chi connectivity index (χ1v) is 11.8. The molecule has 3 aromatic rings. The van der Waals surface area contributed by atoms with E-state index in [2.05, 4.69) is 34.4 Å². The average Bonchev–Trinajstić information content (AvgIpc) is 3.23. The van der Waals surface area contributed by atoms with Crippen molar-refractivity contribution >= 4 is 17.3 Å². The number of nitrogens with one attached hydrogen (secondary N) is 3. The fourth-order valence-electron chi connectivity index (χ4n) is 4.82. The zero-order valence-corrected chi connectivity index (χ0v) is 20.1. The molecule has 8 heteroatoms. The van der Waals surface area contributed by atoms with Crippen molar-refractivity contribution in [2.24, 2.45) is 0 Å². The van der Waals surface area contributed by atoms with E-state index in [0.29, 0.717) is 41.5 Å². The number of nitrogens with zero attached hydrogens (tertiary/aromatic N) is 1. The second kappa shape index (κ2) is 9.44. The van der Waals surface area contributed by atoms with Gasteiger partial charge in [-0.3, -0.25) is 9.78 Å². The lowest BCUT2D eigenvalue weighted by Crippen LogP contribution is -2.35. The second-order valence-electron chi connectivity index (χ2n) is 9.09. The Bertz CT molecular complexity index is 1310. The number of benzene rings is 1. The third kappa shape index (κ3) is 4.24. The summed E-state index contributed by atoms with van der Waals surface area (Å²) in [7, 11) is 1.42. The number of anilines is 2. The number of halogens is 1. The monoisotopic (exact) mass is 476 g/mol. The maximum Gasteiger partial charge on any atom is 0.255 e. The molecule has 2 bridgehead atoms. The summed E-state index contributed by atoms with van der Waals surface area (Å²) in [5.41, 5.74) is 6.52. The third-order valence-corrected chi connectivity index (χ3v) is 6.99.